The SMILES string of the molecule is Cc1cccc(C)c1-c1cc2nc(n1)NS(=O)(=O)c1cccc(c1)C(=O)N(Cc1ncc([C@@H](O)CO)cn1)[C@H](CC(C)(C)C)CO2. The molecule has 1 aliphatic heterocycles. The molecule has 0 saturated heterocycles. The third kappa shape index (κ3) is 7.49. The second-order valence-corrected chi connectivity index (χ2v) is 14.3. The summed E-state index contributed by atoms with van der Waals surface area (Å²) < 4.78 is 35.9. The first-order valence-corrected chi connectivity index (χ1v) is 16.3. The normalized spacial score (nSPS) is 17.2. The summed E-state index contributed by atoms with van der Waals surface area (Å²) in [6.07, 6.45) is 2.19. The molecule has 46 heavy (non-hydrogen) atoms. The summed E-state index contributed by atoms with van der Waals surface area (Å²) in [5, 5.41) is 19.3. The van der Waals surface area contributed by atoms with E-state index in [-0.39, 0.29) is 46.7 Å². The van der Waals surface area contributed by atoms with E-state index in [1.54, 1.807) is 17.0 Å². The van der Waals surface area contributed by atoms with Gasteiger partial charge in [-0.1, -0.05) is 45.0 Å². The first-order valence-electron chi connectivity index (χ1n) is 14.9. The standard InChI is InChI=1S/C33H38N6O6S/c1-20-8-6-9-21(2)30(20)26-13-29-37-32(36-26)38-46(43,44)25-11-7-10-22(12-25)31(42)39(24(19-45-29)14-33(3,4)5)17-28-34-15-23(16-35-28)27(41)18-40/h6-13,15-16,24,27,40-41H,14,17-19H2,1-5H3,(H,36,37,38)/t24-,27+/m1/s1. The van der Waals surface area contributed by atoms with E-state index in [1.807, 2.05) is 32.0 Å². The van der Waals surface area contributed by atoms with Gasteiger partial charge in [-0.3, -0.25) is 4.79 Å². The first-order chi connectivity index (χ1) is 21.7. The topological polar surface area (TPSA) is 168 Å². The van der Waals surface area contributed by atoms with Crippen molar-refractivity contribution in [1.82, 2.24) is 24.8 Å². The number of carbonyl (C=O) groups is 1. The summed E-state index contributed by atoms with van der Waals surface area (Å²) in [6, 6.07) is 12.8. The minimum absolute atomic E-state index is 0.0272. The average Bonchev–Trinajstić information content (AvgIpc) is 3.00. The summed E-state index contributed by atoms with van der Waals surface area (Å²) in [4.78, 5) is 33.4. The Balaban J connectivity index is 1.65. The monoisotopic (exact) mass is 646 g/mol. The summed E-state index contributed by atoms with van der Waals surface area (Å²) in [5.41, 5.74) is 3.45. The Bertz CT molecular complexity index is 1820. The van der Waals surface area contributed by atoms with E-state index in [2.05, 4.69) is 45.4 Å². The summed E-state index contributed by atoms with van der Waals surface area (Å²) >= 11 is 0. The molecule has 3 N–H and O–H groups in total. The molecule has 0 fully saturated rings. The number of anilines is 1. The maximum atomic E-state index is 14.2. The number of hydrogen-bond acceptors (Lipinski definition) is 10. The van der Waals surface area contributed by atoms with E-state index in [4.69, 9.17) is 4.74 Å². The number of benzene rings is 2. The van der Waals surface area contributed by atoms with Crippen molar-refractivity contribution >= 4 is 21.9 Å². The molecule has 5 rings (SSSR count). The molecule has 2 aromatic carbocycles. The van der Waals surface area contributed by atoms with Crippen molar-refractivity contribution in [3.63, 3.8) is 0 Å². The van der Waals surface area contributed by atoms with Crippen LogP contribution in [0.4, 0.5) is 5.95 Å². The van der Waals surface area contributed by atoms with Gasteiger partial charge >= 0.3 is 0 Å². The van der Waals surface area contributed by atoms with Crippen LogP contribution in [0.3, 0.4) is 0 Å². The molecule has 4 aromatic rings. The Morgan fingerprint density at radius 3 is 2.37 bits per heavy atom. The van der Waals surface area contributed by atoms with Gasteiger partial charge in [-0.05, 0) is 55.0 Å². The number of aromatic nitrogens is 4. The summed E-state index contributed by atoms with van der Waals surface area (Å²) in [6.45, 7) is 9.57. The van der Waals surface area contributed by atoms with E-state index in [1.165, 1.54) is 30.6 Å². The van der Waals surface area contributed by atoms with Crippen molar-refractivity contribution in [2.45, 2.75) is 64.6 Å². The van der Waals surface area contributed by atoms with Crippen LogP contribution in [0.2, 0.25) is 0 Å². The zero-order chi connectivity index (χ0) is 33.2. The van der Waals surface area contributed by atoms with Crippen LogP contribution in [0, 0.1) is 19.3 Å². The number of amides is 1. The largest absolute Gasteiger partial charge is 0.475 e. The fraction of sp³-hybridized carbons (Fsp3) is 0.364. The lowest BCUT2D eigenvalue weighted by atomic mass is 9.87. The number of fused-ring (bicyclic) bond motifs is 4. The van der Waals surface area contributed by atoms with Crippen LogP contribution >= 0.6 is 0 Å². The number of nitrogens with zero attached hydrogens (tertiary/aromatic N) is 5. The predicted octanol–water partition coefficient (Wildman–Crippen LogP) is 4.22. The van der Waals surface area contributed by atoms with Crippen molar-refractivity contribution in [2.75, 3.05) is 17.9 Å². The fourth-order valence-electron chi connectivity index (χ4n) is 5.42. The molecule has 1 amide bonds. The van der Waals surface area contributed by atoms with Crippen molar-refractivity contribution in [2.24, 2.45) is 5.41 Å². The fourth-order valence-corrected chi connectivity index (χ4v) is 6.41. The van der Waals surface area contributed by atoms with Crippen LogP contribution in [0.1, 0.15) is 66.2 Å². The molecule has 242 valence electrons. The lowest BCUT2D eigenvalue weighted by Crippen LogP contribution is -2.45. The van der Waals surface area contributed by atoms with Crippen LogP contribution in [-0.4, -0.2) is 68.6 Å². The molecule has 2 aromatic heterocycles. The zero-order valence-corrected chi connectivity index (χ0v) is 27.2. The molecular formula is C33H38N6O6S. The van der Waals surface area contributed by atoms with Crippen LogP contribution in [0.5, 0.6) is 5.88 Å². The maximum Gasteiger partial charge on any atom is 0.264 e. The Morgan fingerprint density at radius 2 is 1.72 bits per heavy atom. The van der Waals surface area contributed by atoms with Gasteiger partial charge < -0.3 is 19.8 Å². The van der Waals surface area contributed by atoms with Gasteiger partial charge in [0.25, 0.3) is 15.9 Å². The van der Waals surface area contributed by atoms with Gasteiger partial charge in [0.2, 0.25) is 11.8 Å². The predicted molar refractivity (Wildman–Crippen MR) is 171 cm³/mol. The van der Waals surface area contributed by atoms with Crippen LogP contribution in [0.15, 0.2) is 65.8 Å². The van der Waals surface area contributed by atoms with Crippen molar-refractivity contribution in [3.8, 4) is 17.1 Å². The van der Waals surface area contributed by atoms with Crippen molar-refractivity contribution in [1.29, 1.82) is 0 Å². The molecule has 13 heteroatoms. The van der Waals surface area contributed by atoms with Gasteiger partial charge in [0.15, 0.2) is 0 Å². The Kier molecular flexibility index (Phi) is 9.38. The van der Waals surface area contributed by atoms with Gasteiger partial charge in [-0.25, -0.2) is 28.1 Å². The molecule has 0 aliphatic carbocycles. The van der Waals surface area contributed by atoms with Crippen molar-refractivity contribution < 1.29 is 28.2 Å². The Labute approximate surface area is 268 Å². The molecular weight excluding hydrogens is 608 g/mol. The lowest BCUT2D eigenvalue weighted by Gasteiger charge is -2.35. The van der Waals surface area contributed by atoms with Gasteiger partial charge in [-0.15, -0.1) is 0 Å². The molecule has 1 aliphatic rings. The second kappa shape index (κ2) is 13.1. The number of nitrogens with one attached hydrogen (secondary N) is 1. The summed E-state index contributed by atoms with van der Waals surface area (Å²) in [5.74, 6) is -0.168. The highest BCUT2D eigenvalue weighted by atomic mass is 32.2. The van der Waals surface area contributed by atoms with Gasteiger partial charge in [0.05, 0.1) is 29.8 Å². The van der Waals surface area contributed by atoms with E-state index >= 15 is 0 Å². The number of rotatable bonds is 6. The van der Waals surface area contributed by atoms with Crippen LogP contribution in [0.25, 0.3) is 11.3 Å². The number of ether oxygens (including phenoxy) is 1. The van der Waals surface area contributed by atoms with Gasteiger partial charge in [0, 0.05) is 35.2 Å². The van der Waals surface area contributed by atoms with Crippen LogP contribution in [-0.2, 0) is 16.6 Å². The number of sulfonamides is 1. The van der Waals surface area contributed by atoms with Crippen molar-refractivity contribution in [3.05, 3.63) is 89.0 Å². The highest BCUT2D eigenvalue weighted by Crippen LogP contribution is 2.31. The van der Waals surface area contributed by atoms with E-state index in [0.29, 0.717) is 17.7 Å². The molecule has 0 radical (unpaired) electrons. The minimum Gasteiger partial charge on any atom is -0.475 e. The third-order valence-corrected chi connectivity index (χ3v) is 8.95. The molecule has 3 heterocycles. The smallest absolute Gasteiger partial charge is 0.264 e. The molecule has 12 nitrogen and oxygen atoms in total. The average molecular weight is 647 g/mol. The highest BCUT2D eigenvalue weighted by molar-refractivity contribution is 7.92. The molecule has 2 atom stereocenters. The van der Waals surface area contributed by atoms with Crippen LogP contribution < -0.4 is 9.46 Å². The Morgan fingerprint density at radius 1 is 1.04 bits per heavy atom. The number of aliphatic hydroxyl groups is 2. The van der Waals surface area contributed by atoms with Gasteiger partial charge in [0.1, 0.15) is 18.5 Å². The maximum absolute atomic E-state index is 14.2. The summed E-state index contributed by atoms with van der Waals surface area (Å²) in [7, 11) is -4.21. The Hall–Kier alpha value is -4.46. The molecule has 0 unspecified atom stereocenters. The molecule has 0 spiro atoms. The number of hydrogen-bond donors (Lipinski definition) is 3. The number of carbonyl (C=O) groups excluding carboxylic acids is 1. The molecule has 0 saturated carbocycles. The van der Waals surface area contributed by atoms with E-state index in [9.17, 15) is 23.4 Å². The van der Waals surface area contributed by atoms with E-state index < -0.39 is 34.7 Å². The quantitative estimate of drug-likeness (QED) is 0.276. The minimum atomic E-state index is -4.21. The van der Waals surface area contributed by atoms with Gasteiger partial charge in [-0.2, -0.15) is 4.98 Å². The highest BCUT2D eigenvalue weighted by Gasteiger charge is 2.32. The lowest BCUT2D eigenvalue weighted by molar-refractivity contribution is 0.0504. The third-order valence-electron chi connectivity index (χ3n) is 7.62. The number of aryl methyl sites for hydroxylation is 2. The zero-order valence-electron chi connectivity index (χ0n) is 26.4. The second-order valence-electron chi connectivity index (χ2n) is 12.6. The number of aliphatic hydroxyl groups excluding tert-OH is 2. The molecule has 4 bridgehead atoms. The first kappa shape index (κ1) is 32.9. The van der Waals surface area contributed by atoms with E-state index in [0.717, 1.165) is 16.7 Å².